The van der Waals surface area contributed by atoms with Crippen LogP contribution in [0.2, 0.25) is 0 Å². The van der Waals surface area contributed by atoms with Gasteiger partial charge in [0, 0.05) is 33.2 Å². The predicted molar refractivity (Wildman–Crippen MR) is 109 cm³/mol. The monoisotopic (exact) mass is 417 g/mol. The average molecular weight is 418 g/mol. The van der Waals surface area contributed by atoms with Gasteiger partial charge in [-0.25, -0.2) is 0 Å². The molecule has 3 amide bonds. The first kappa shape index (κ1) is 21.1. The number of carbonyl (C=O) groups is 3. The lowest BCUT2D eigenvalue weighted by Crippen LogP contribution is -2.56. The molecule has 0 aromatic carbocycles. The number of aliphatic hydroxyl groups is 1. The van der Waals surface area contributed by atoms with Crippen LogP contribution in [0, 0.1) is 11.8 Å². The van der Waals surface area contributed by atoms with Crippen molar-refractivity contribution in [3.8, 4) is 0 Å². The molecule has 1 spiro atoms. The van der Waals surface area contributed by atoms with Crippen molar-refractivity contribution in [2.75, 3.05) is 39.8 Å². The zero-order valence-corrected chi connectivity index (χ0v) is 17.9. The van der Waals surface area contributed by atoms with Gasteiger partial charge in [-0.05, 0) is 13.3 Å². The van der Waals surface area contributed by atoms with E-state index in [1.807, 2.05) is 31.2 Å². The summed E-state index contributed by atoms with van der Waals surface area (Å²) in [5.41, 5.74) is -2.20. The fourth-order valence-corrected chi connectivity index (χ4v) is 5.59. The van der Waals surface area contributed by atoms with E-state index in [1.165, 1.54) is 4.90 Å². The number of carbonyl (C=O) groups excluding carboxylic acids is 3. The third-order valence-electron chi connectivity index (χ3n) is 6.96. The van der Waals surface area contributed by atoms with Crippen LogP contribution in [0.4, 0.5) is 0 Å². The van der Waals surface area contributed by atoms with E-state index in [2.05, 4.69) is 6.92 Å². The Hall–Kier alpha value is -2.19. The van der Waals surface area contributed by atoms with Crippen LogP contribution in [0.25, 0.3) is 0 Å². The zero-order valence-electron chi connectivity index (χ0n) is 17.9. The van der Waals surface area contributed by atoms with Gasteiger partial charge in [0.2, 0.25) is 17.7 Å². The Balaban J connectivity index is 1.83. The van der Waals surface area contributed by atoms with Crippen LogP contribution >= 0.6 is 0 Å². The molecule has 4 rings (SSSR count). The number of fused-ring (bicyclic) bond motifs is 2. The van der Waals surface area contributed by atoms with Crippen molar-refractivity contribution < 1.29 is 24.2 Å². The summed E-state index contributed by atoms with van der Waals surface area (Å²) in [7, 11) is 1.71. The molecule has 8 nitrogen and oxygen atoms in total. The first-order valence-corrected chi connectivity index (χ1v) is 10.8. The molecule has 5 atom stereocenters. The number of ether oxygens (including phenoxy) is 1. The van der Waals surface area contributed by atoms with Crippen LogP contribution in [-0.4, -0.2) is 94.6 Å². The number of unbranched alkanes of at least 4 members (excludes halogenated alkanes) is 1. The highest BCUT2D eigenvalue weighted by molar-refractivity contribution is 6.00. The van der Waals surface area contributed by atoms with Crippen molar-refractivity contribution in [1.82, 2.24) is 14.7 Å². The fourth-order valence-electron chi connectivity index (χ4n) is 5.59. The van der Waals surface area contributed by atoms with E-state index >= 15 is 0 Å². The number of hydrogen-bond donors (Lipinski definition) is 1. The molecule has 4 heterocycles. The molecule has 30 heavy (non-hydrogen) atoms. The summed E-state index contributed by atoms with van der Waals surface area (Å²) in [5.74, 6) is -2.16. The molecule has 4 aliphatic rings. The van der Waals surface area contributed by atoms with Gasteiger partial charge in [0.15, 0.2) is 0 Å². The normalized spacial score (nSPS) is 37.9. The SMILES string of the molecule is CCCCN1CC=C[C@]23O[C@]4(C)C=CCN(C)C(=O)[C@@H]4[C@H]2C(=O)N(CCO)C3C1=O. The van der Waals surface area contributed by atoms with Gasteiger partial charge >= 0.3 is 0 Å². The second-order valence-electron chi connectivity index (χ2n) is 8.91. The molecule has 164 valence electrons. The van der Waals surface area contributed by atoms with E-state index in [0.29, 0.717) is 19.6 Å². The molecule has 8 heteroatoms. The number of rotatable bonds is 5. The molecular weight excluding hydrogens is 386 g/mol. The van der Waals surface area contributed by atoms with Gasteiger partial charge in [-0.2, -0.15) is 0 Å². The van der Waals surface area contributed by atoms with E-state index in [1.54, 1.807) is 16.8 Å². The number of hydrogen-bond acceptors (Lipinski definition) is 5. The topological polar surface area (TPSA) is 90.4 Å². The number of nitrogens with zero attached hydrogens (tertiary/aromatic N) is 3. The predicted octanol–water partition coefficient (Wildman–Crippen LogP) is 0.176. The van der Waals surface area contributed by atoms with Crippen molar-refractivity contribution in [3.63, 3.8) is 0 Å². The first-order valence-electron chi connectivity index (χ1n) is 10.8. The minimum atomic E-state index is -1.22. The van der Waals surface area contributed by atoms with E-state index in [9.17, 15) is 19.5 Å². The Morgan fingerprint density at radius 3 is 2.50 bits per heavy atom. The standard InChI is InChI=1S/C22H31N3O5/c1-4-5-11-24-12-7-9-22-16(19(28)25(13-14-26)17(22)20(24)29)15-18(27)23(3)10-6-8-21(15,2)30-22/h6-9,15-17,26H,4-5,10-14H2,1-3H3/t15-,16-,17?,21+,22-/m0/s1. The van der Waals surface area contributed by atoms with E-state index in [-0.39, 0.29) is 30.9 Å². The van der Waals surface area contributed by atoms with E-state index in [0.717, 1.165) is 12.8 Å². The van der Waals surface area contributed by atoms with Crippen molar-refractivity contribution in [1.29, 1.82) is 0 Å². The van der Waals surface area contributed by atoms with E-state index in [4.69, 9.17) is 4.74 Å². The van der Waals surface area contributed by atoms with Crippen molar-refractivity contribution in [2.45, 2.75) is 43.9 Å². The summed E-state index contributed by atoms with van der Waals surface area (Å²) in [5, 5.41) is 9.62. The molecule has 2 fully saturated rings. The number of aliphatic hydroxyl groups excluding tert-OH is 1. The van der Waals surface area contributed by atoms with Gasteiger partial charge in [-0.1, -0.05) is 37.6 Å². The summed E-state index contributed by atoms with van der Waals surface area (Å²) in [4.78, 5) is 45.3. The van der Waals surface area contributed by atoms with Gasteiger partial charge < -0.3 is 24.5 Å². The molecule has 0 aliphatic carbocycles. The van der Waals surface area contributed by atoms with E-state index < -0.39 is 29.1 Å². The van der Waals surface area contributed by atoms with Crippen molar-refractivity contribution in [2.24, 2.45) is 11.8 Å². The minimum Gasteiger partial charge on any atom is -0.395 e. The van der Waals surface area contributed by atoms with Crippen molar-refractivity contribution >= 4 is 17.7 Å². The van der Waals surface area contributed by atoms with Crippen molar-refractivity contribution in [3.05, 3.63) is 24.3 Å². The number of likely N-dealkylation sites (tertiary alicyclic amines) is 1. The lowest BCUT2D eigenvalue weighted by atomic mass is 9.74. The number of amides is 3. The summed E-state index contributed by atoms with van der Waals surface area (Å²) in [6.07, 6.45) is 9.30. The number of β-amino-alcohol motifs (C(OH)–C–C–N with tert-alkyl or cyclic N) is 1. The molecule has 0 aromatic heterocycles. The summed E-state index contributed by atoms with van der Waals surface area (Å²) < 4.78 is 6.60. The lowest BCUT2D eigenvalue weighted by Gasteiger charge is -2.37. The minimum absolute atomic E-state index is 0.0373. The van der Waals surface area contributed by atoms with Crippen LogP contribution in [0.5, 0.6) is 0 Å². The molecule has 0 aromatic rings. The Morgan fingerprint density at radius 1 is 1.07 bits per heavy atom. The van der Waals surface area contributed by atoms with Gasteiger partial charge in [0.1, 0.15) is 11.6 Å². The molecule has 1 N–H and O–H groups in total. The van der Waals surface area contributed by atoms with Crippen LogP contribution in [-0.2, 0) is 19.1 Å². The highest BCUT2D eigenvalue weighted by atomic mass is 16.5. The number of likely N-dealkylation sites (N-methyl/N-ethyl adjacent to an activating group) is 1. The second-order valence-corrected chi connectivity index (χ2v) is 8.91. The Kier molecular flexibility index (Phi) is 5.26. The third kappa shape index (κ3) is 2.84. The summed E-state index contributed by atoms with van der Waals surface area (Å²) in [6, 6.07) is -0.881. The Bertz CT molecular complexity index is 811. The van der Waals surface area contributed by atoms with Crippen LogP contribution in [0.15, 0.2) is 24.3 Å². The second kappa shape index (κ2) is 7.50. The maximum Gasteiger partial charge on any atom is 0.249 e. The first-order chi connectivity index (χ1) is 14.3. The van der Waals surface area contributed by atoms with Gasteiger partial charge in [-0.3, -0.25) is 14.4 Å². The fraction of sp³-hybridized carbons (Fsp3) is 0.682. The lowest BCUT2D eigenvalue weighted by molar-refractivity contribution is -0.152. The van der Waals surface area contributed by atoms with Crippen LogP contribution < -0.4 is 0 Å². The molecule has 0 saturated carbocycles. The molecule has 1 unspecified atom stereocenters. The van der Waals surface area contributed by atoms with Gasteiger partial charge in [0.05, 0.1) is 24.0 Å². The van der Waals surface area contributed by atoms with Crippen LogP contribution in [0.1, 0.15) is 26.7 Å². The Labute approximate surface area is 177 Å². The maximum absolute atomic E-state index is 13.6. The molecule has 0 radical (unpaired) electrons. The molecular formula is C22H31N3O5. The molecule has 4 aliphatic heterocycles. The molecule has 0 bridgehead atoms. The largest absolute Gasteiger partial charge is 0.395 e. The van der Waals surface area contributed by atoms with Crippen LogP contribution in [0.3, 0.4) is 0 Å². The smallest absolute Gasteiger partial charge is 0.249 e. The highest BCUT2D eigenvalue weighted by Gasteiger charge is 2.74. The molecule has 2 saturated heterocycles. The average Bonchev–Trinajstić information content (AvgIpc) is 2.97. The van der Waals surface area contributed by atoms with Gasteiger partial charge in [-0.15, -0.1) is 0 Å². The summed E-state index contributed by atoms with van der Waals surface area (Å²) in [6.45, 7) is 5.17. The maximum atomic E-state index is 13.6. The quantitative estimate of drug-likeness (QED) is 0.645. The summed E-state index contributed by atoms with van der Waals surface area (Å²) >= 11 is 0. The Morgan fingerprint density at radius 2 is 1.80 bits per heavy atom. The zero-order chi connectivity index (χ0) is 21.7. The third-order valence-corrected chi connectivity index (χ3v) is 6.96. The highest BCUT2D eigenvalue weighted by Crippen LogP contribution is 2.57. The van der Waals surface area contributed by atoms with Gasteiger partial charge in [0.25, 0.3) is 0 Å².